The standard InChI is InChI=1S/C25H23N7O2/c1-15-16(2)23(28-14-18(15)13-26)25(33)29-19-3-4-21-20(12-19)24(31-30-21)17-5-6-27-22(11-17)32-7-9-34-10-8-32/h3-6,11-12,14H,7-10H2,1-2H3,(H,29,33)(H,30,31). The molecule has 1 aliphatic rings. The first kappa shape index (κ1) is 21.6. The summed E-state index contributed by atoms with van der Waals surface area (Å²) in [6, 6.07) is 11.7. The van der Waals surface area contributed by atoms with E-state index in [4.69, 9.17) is 4.74 Å². The number of aromatic amines is 1. The molecule has 0 unspecified atom stereocenters. The minimum atomic E-state index is -0.326. The number of hydrogen-bond acceptors (Lipinski definition) is 7. The summed E-state index contributed by atoms with van der Waals surface area (Å²) in [6.07, 6.45) is 3.22. The van der Waals surface area contributed by atoms with Crippen LogP contribution in [0.2, 0.25) is 0 Å². The predicted molar refractivity (Wildman–Crippen MR) is 129 cm³/mol. The van der Waals surface area contributed by atoms with Crippen molar-refractivity contribution in [1.29, 1.82) is 5.26 Å². The SMILES string of the molecule is Cc1c(C#N)cnc(C(=O)Nc2ccc3[nH]nc(-c4ccnc(N5CCOCC5)c4)c3c2)c1C. The number of carbonyl (C=O) groups is 1. The second-order valence-corrected chi connectivity index (χ2v) is 8.17. The third-order valence-corrected chi connectivity index (χ3v) is 6.15. The molecular formula is C25H23N7O2. The number of nitrogens with zero attached hydrogens (tertiary/aromatic N) is 5. The van der Waals surface area contributed by atoms with Crippen LogP contribution in [0.5, 0.6) is 0 Å². The number of fused-ring (bicyclic) bond motifs is 1. The van der Waals surface area contributed by atoms with E-state index < -0.39 is 0 Å². The van der Waals surface area contributed by atoms with Crippen molar-refractivity contribution < 1.29 is 9.53 Å². The van der Waals surface area contributed by atoms with E-state index >= 15 is 0 Å². The average Bonchev–Trinajstić information content (AvgIpc) is 3.29. The zero-order chi connectivity index (χ0) is 23.7. The number of morpholine rings is 1. The maximum absolute atomic E-state index is 12.9. The predicted octanol–water partition coefficient (Wildman–Crippen LogP) is 3.60. The Bertz CT molecular complexity index is 1430. The van der Waals surface area contributed by atoms with Crippen LogP contribution in [0.3, 0.4) is 0 Å². The summed E-state index contributed by atoms with van der Waals surface area (Å²) in [4.78, 5) is 23.9. The molecule has 0 bridgehead atoms. The lowest BCUT2D eigenvalue weighted by Gasteiger charge is -2.27. The molecule has 34 heavy (non-hydrogen) atoms. The number of hydrogen-bond donors (Lipinski definition) is 2. The van der Waals surface area contributed by atoms with Crippen LogP contribution in [-0.4, -0.2) is 52.4 Å². The van der Waals surface area contributed by atoms with E-state index in [-0.39, 0.29) is 5.91 Å². The number of nitriles is 1. The first-order valence-electron chi connectivity index (χ1n) is 11.0. The number of anilines is 2. The van der Waals surface area contributed by atoms with Crippen LogP contribution in [0.15, 0.2) is 42.7 Å². The van der Waals surface area contributed by atoms with E-state index in [1.165, 1.54) is 6.20 Å². The molecule has 4 heterocycles. The second kappa shape index (κ2) is 8.92. The van der Waals surface area contributed by atoms with E-state index in [1.807, 2.05) is 37.3 Å². The van der Waals surface area contributed by atoms with Gasteiger partial charge in [0, 0.05) is 42.1 Å². The van der Waals surface area contributed by atoms with Crippen molar-refractivity contribution in [2.45, 2.75) is 13.8 Å². The third kappa shape index (κ3) is 3.95. The zero-order valence-electron chi connectivity index (χ0n) is 18.9. The first-order chi connectivity index (χ1) is 16.5. The molecule has 170 valence electrons. The molecule has 0 spiro atoms. The number of amides is 1. The lowest BCUT2D eigenvalue weighted by Crippen LogP contribution is -2.36. The molecule has 0 saturated carbocycles. The number of ether oxygens (including phenoxy) is 1. The van der Waals surface area contributed by atoms with Gasteiger partial charge in [0.05, 0.1) is 24.3 Å². The molecule has 1 aliphatic heterocycles. The van der Waals surface area contributed by atoms with Gasteiger partial charge in [-0.2, -0.15) is 10.4 Å². The van der Waals surface area contributed by atoms with Gasteiger partial charge in [-0.05, 0) is 55.3 Å². The quantitative estimate of drug-likeness (QED) is 0.484. The maximum atomic E-state index is 12.9. The maximum Gasteiger partial charge on any atom is 0.274 e. The Kier molecular flexibility index (Phi) is 5.65. The molecule has 4 aromatic rings. The average molecular weight is 454 g/mol. The minimum absolute atomic E-state index is 0.299. The van der Waals surface area contributed by atoms with Crippen LogP contribution in [0, 0.1) is 25.2 Å². The summed E-state index contributed by atoms with van der Waals surface area (Å²) in [7, 11) is 0. The molecule has 5 rings (SSSR count). The molecule has 9 heteroatoms. The van der Waals surface area contributed by atoms with Gasteiger partial charge < -0.3 is 15.0 Å². The second-order valence-electron chi connectivity index (χ2n) is 8.17. The van der Waals surface area contributed by atoms with Crippen LogP contribution in [0.1, 0.15) is 27.2 Å². The molecule has 9 nitrogen and oxygen atoms in total. The number of aromatic nitrogens is 4. The van der Waals surface area contributed by atoms with Gasteiger partial charge in [0.15, 0.2) is 0 Å². The molecule has 1 aromatic carbocycles. The summed E-state index contributed by atoms with van der Waals surface area (Å²) in [5.74, 6) is 0.562. The van der Waals surface area contributed by atoms with Crippen molar-refractivity contribution >= 4 is 28.3 Å². The third-order valence-electron chi connectivity index (χ3n) is 6.15. The lowest BCUT2D eigenvalue weighted by molar-refractivity contribution is 0.102. The summed E-state index contributed by atoms with van der Waals surface area (Å²) in [5.41, 5.74) is 5.42. The van der Waals surface area contributed by atoms with Crippen molar-refractivity contribution in [2.75, 3.05) is 36.5 Å². The van der Waals surface area contributed by atoms with Gasteiger partial charge in [0.1, 0.15) is 23.3 Å². The van der Waals surface area contributed by atoms with Crippen LogP contribution in [-0.2, 0) is 4.74 Å². The van der Waals surface area contributed by atoms with Crippen molar-refractivity contribution in [3.05, 3.63) is 65.1 Å². The van der Waals surface area contributed by atoms with Gasteiger partial charge >= 0.3 is 0 Å². The lowest BCUT2D eigenvalue weighted by atomic mass is 10.0. The molecule has 1 amide bonds. The van der Waals surface area contributed by atoms with E-state index in [2.05, 4.69) is 36.5 Å². The Morgan fingerprint density at radius 2 is 1.97 bits per heavy atom. The highest BCUT2D eigenvalue weighted by atomic mass is 16.5. The Balaban J connectivity index is 1.45. The van der Waals surface area contributed by atoms with Gasteiger partial charge in [-0.25, -0.2) is 9.97 Å². The Morgan fingerprint density at radius 1 is 1.15 bits per heavy atom. The highest BCUT2D eigenvalue weighted by Crippen LogP contribution is 2.30. The van der Waals surface area contributed by atoms with Gasteiger partial charge in [-0.3, -0.25) is 9.89 Å². The fourth-order valence-corrected chi connectivity index (χ4v) is 4.08. The molecule has 0 radical (unpaired) electrons. The van der Waals surface area contributed by atoms with Gasteiger partial charge in [0.2, 0.25) is 0 Å². The van der Waals surface area contributed by atoms with Crippen molar-refractivity contribution in [2.24, 2.45) is 0 Å². The van der Waals surface area contributed by atoms with Crippen LogP contribution >= 0.6 is 0 Å². The summed E-state index contributed by atoms with van der Waals surface area (Å²) in [5, 5.41) is 20.6. The van der Waals surface area contributed by atoms with Gasteiger partial charge in [-0.1, -0.05) is 0 Å². The molecule has 1 fully saturated rings. The molecule has 2 N–H and O–H groups in total. The summed E-state index contributed by atoms with van der Waals surface area (Å²) < 4.78 is 5.44. The highest BCUT2D eigenvalue weighted by Gasteiger charge is 2.17. The topological polar surface area (TPSA) is 120 Å². The van der Waals surface area contributed by atoms with Crippen LogP contribution in [0.4, 0.5) is 11.5 Å². The largest absolute Gasteiger partial charge is 0.378 e. The normalized spacial score (nSPS) is 13.6. The summed E-state index contributed by atoms with van der Waals surface area (Å²) in [6.45, 7) is 6.59. The molecule has 1 saturated heterocycles. The molecular weight excluding hydrogens is 430 g/mol. The molecule has 3 aromatic heterocycles. The number of nitrogens with one attached hydrogen (secondary N) is 2. The monoisotopic (exact) mass is 453 g/mol. The molecule has 0 atom stereocenters. The summed E-state index contributed by atoms with van der Waals surface area (Å²) >= 11 is 0. The van der Waals surface area contributed by atoms with Crippen LogP contribution < -0.4 is 10.2 Å². The number of H-pyrrole nitrogens is 1. The highest BCUT2D eigenvalue weighted by molar-refractivity contribution is 6.05. The Hall–Kier alpha value is -4.29. The smallest absolute Gasteiger partial charge is 0.274 e. The van der Waals surface area contributed by atoms with E-state index in [1.54, 1.807) is 13.1 Å². The molecule has 0 aliphatic carbocycles. The Labute approximate surface area is 196 Å². The Morgan fingerprint density at radius 3 is 2.76 bits per heavy atom. The number of pyridine rings is 2. The van der Waals surface area contributed by atoms with Crippen molar-refractivity contribution in [1.82, 2.24) is 20.2 Å². The van der Waals surface area contributed by atoms with Gasteiger partial charge in [-0.15, -0.1) is 0 Å². The fraction of sp³-hybridized carbons (Fsp3) is 0.240. The first-order valence-corrected chi connectivity index (χ1v) is 11.0. The number of rotatable bonds is 4. The van der Waals surface area contributed by atoms with E-state index in [9.17, 15) is 10.1 Å². The minimum Gasteiger partial charge on any atom is -0.378 e. The zero-order valence-corrected chi connectivity index (χ0v) is 18.9. The van der Waals surface area contributed by atoms with Crippen molar-refractivity contribution in [3.63, 3.8) is 0 Å². The fourth-order valence-electron chi connectivity index (χ4n) is 4.08. The van der Waals surface area contributed by atoms with E-state index in [0.29, 0.717) is 35.7 Å². The number of benzene rings is 1. The van der Waals surface area contributed by atoms with Gasteiger partial charge in [0.25, 0.3) is 5.91 Å². The van der Waals surface area contributed by atoms with E-state index in [0.717, 1.165) is 46.6 Å². The van der Waals surface area contributed by atoms with Crippen molar-refractivity contribution in [3.8, 4) is 17.3 Å². The number of carbonyl (C=O) groups excluding carboxylic acids is 1. The van der Waals surface area contributed by atoms with Crippen LogP contribution in [0.25, 0.3) is 22.2 Å².